The predicted molar refractivity (Wildman–Crippen MR) is 56.3 cm³/mol. The van der Waals surface area contributed by atoms with Crippen LogP contribution in [0.5, 0.6) is 0 Å². The minimum atomic E-state index is -0.319. The van der Waals surface area contributed by atoms with Crippen LogP contribution in [0.4, 0.5) is 0 Å². The molecule has 0 aliphatic heterocycles. The summed E-state index contributed by atoms with van der Waals surface area (Å²) in [6.45, 7) is 9.50. The largest absolute Gasteiger partial charge is 0.391 e. The zero-order valence-electron chi connectivity index (χ0n) is 9.69. The molecule has 0 aromatic carbocycles. The number of aliphatic hydroxyl groups excluding tert-OH is 2. The van der Waals surface area contributed by atoms with Crippen molar-refractivity contribution in [1.82, 2.24) is 0 Å². The molecule has 0 amide bonds. The van der Waals surface area contributed by atoms with Crippen LogP contribution in [0.1, 0.15) is 27.7 Å². The summed E-state index contributed by atoms with van der Waals surface area (Å²) < 4.78 is 9.69. The molecule has 2 N–H and O–H groups in total. The highest BCUT2D eigenvalue weighted by Gasteiger charge is 1.90. The van der Waals surface area contributed by atoms with E-state index in [-0.39, 0.29) is 12.2 Å². The van der Waals surface area contributed by atoms with E-state index in [1.165, 1.54) is 0 Å². The summed E-state index contributed by atoms with van der Waals surface area (Å²) in [6.07, 6.45) is -0.639. The summed E-state index contributed by atoms with van der Waals surface area (Å²) in [5, 5.41) is 17.1. The molecular weight excluding hydrogens is 184 g/mol. The van der Waals surface area contributed by atoms with Crippen molar-refractivity contribution in [3.8, 4) is 0 Å². The zero-order valence-corrected chi connectivity index (χ0v) is 9.69. The van der Waals surface area contributed by atoms with E-state index in [2.05, 4.69) is 0 Å². The lowest BCUT2D eigenvalue weighted by Gasteiger charge is -2.00. The zero-order chi connectivity index (χ0) is 11.4. The van der Waals surface area contributed by atoms with Gasteiger partial charge in [-0.3, -0.25) is 0 Å². The molecule has 0 rings (SSSR count). The average molecular weight is 208 g/mol. The number of ether oxygens (including phenoxy) is 2. The van der Waals surface area contributed by atoms with Gasteiger partial charge in [-0.25, -0.2) is 0 Å². The Bertz CT molecular complexity index is 82.1. The lowest BCUT2D eigenvalue weighted by molar-refractivity contribution is 0.0526. The SMILES string of the molecule is CCOCC(C)O.CCOCC(C)O. The molecule has 0 fully saturated rings. The fourth-order valence-corrected chi connectivity index (χ4v) is 0.577. The molecule has 0 aromatic heterocycles. The Morgan fingerprint density at radius 2 is 1.14 bits per heavy atom. The molecule has 0 heterocycles. The lowest BCUT2D eigenvalue weighted by Crippen LogP contribution is -2.09. The van der Waals surface area contributed by atoms with Gasteiger partial charge in [0.1, 0.15) is 0 Å². The number of hydrogen-bond acceptors (Lipinski definition) is 4. The van der Waals surface area contributed by atoms with Gasteiger partial charge in [0, 0.05) is 13.2 Å². The highest BCUT2D eigenvalue weighted by atomic mass is 16.5. The molecule has 14 heavy (non-hydrogen) atoms. The summed E-state index contributed by atoms with van der Waals surface area (Å²) in [5.74, 6) is 0. The summed E-state index contributed by atoms with van der Waals surface area (Å²) in [7, 11) is 0. The Kier molecular flexibility index (Phi) is 14.9. The summed E-state index contributed by atoms with van der Waals surface area (Å²) in [6, 6.07) is 0. The summed E-state index contributed by atoms with van der Waals surface area (Å²) in [5.41, 5.74) is 0. The first-order chi connectivity index (χ1) is 6.54. The maximum atomic E-state index is 8.56. The first kappa shape index (κ1) is 16.3. The Morgan fingerprint density at radius 3 is 1.21 bits per heavy atom. The van der Waals surface area contributed by atoms with E-state index in [9.17, 15) is 0 Å². The molecule has 0 aliphatic carbocycles. The lowest BCUT2D eigenvalue weighted by atomic mass is 10.4. The average Bonchev–Trinajstić information content (AvgIpc) is 2.12. The molecule has 4 heteroatoms. The molecular formula is C10H24O4. The van der Waals surface area contributed by atoms with Crippen LogP contribution in [-0.4, -0.2) is 48.8 Å². The molecule has 0 aliphatic rings. The van der Waals surface area contributed by atoms with Gasteiger partial charge in [0.05, 0.1) is 25.4 Å². The van der Waals surface area contributed by atoms with Crippen LogP contribution in [0.3, 0.4) is 0 Å². The van der Waals surface area contributed by atoms with Gasteiger partial charge in [-0.1, -0.05) is 0 Å². The number of aliphatic hydroxyl groups is 2. The third kappa shape index (κ3) is 22.6. The van der Waals surface area contributed by atoms with Crippen molar-refractivity contribution < 1.29 is 19.7 Å². The Hall–Kier alpha value is -0.160. The predicted octanol–water partition coefficient (Wildman–Crippen LogP) is 0.807. The van der Waals surface area contributed by atoms with E-state index in [1.807, 2.05) is 13.8 Å². The fourth-order valence-electron chi connectivity index (χ4n) is 0.577. The molecule has 0 radical (unpaired) electrons. The van der Waals surface area contributed by atoms with Crippen molar-refractivity contribution in [3.05, 3.63) is 0 Å². The van der Waals surface area contributed by atoms with Gasteiger partial charge < -0.3 is 19.7 Å². The van der Waals surface area contributed by atoms with Gasteiger partial charge in [0.15, 0.2) is 0 Å². The van der Waals surface area contributed by atoms with Gasteiger partial charge >= 0.3 is 0 Å². The molecule has 0 aromatic rings. The van der Waals surface area contributed by atoms with Gasteiger partial charge in [-0.05, 0) is 27.7 Å². The van der Waals surface area contributed by atoms with Gasteiger partial charge in [-0.2, -0.15) is 0 Å². The van der Waals surface area contributed by atoms with Gasteiger partial charge in [-0.15, -0.1) is 0 Å². The van der Waals surface area contributed by atoms with E-state index in [4.69, 9.17) is 19.7 Å². The minimum Gasteiger partial charge on any atom is -0.391 e. The van der Waals surface area contributed by atoms with E-state index in [0.29, 0.717) is 26.4 Å². The number of hydrogen-bond donors (Lipinski definition) is 2. The molecule has 0 saturated heterocycles. The molecule has 2 atom stereocenters. The second-order valence-electron chi connectivity index (χ2n) is 3.02. The normalized spacial score (nSPS) is 14.1. The summed E-state index contributed by atoms with van der Waals surface area (Å²) >= 11 is 0. The Labute approximate surface area is 86.8 Å². The third-order valence-corrected chi connectivity index (χ3v) is 1.13. The van der Waals surface area contributed by atoms with Crippen LogP contribution in [-0.2, 0) is 9.47 Å². The summed E-state index contributed by atoms with van der Waals surface area (Å²) in [4.78, 5) is 0. The van der Waals surface area contributed by atoms with Crippen LogP contribution in [0.15, 0.2) is 0 Å². The molecule has 0 spiro atoms. The van der Waals surface area contributed by atoms with E-state index >= 15 is 0 Å². The van der Waals surface area contributed by atoms with Crippen LogP contribution in [0.2, 0.25) is 0 Å². The smallest absolute Gasteiger partial charge is 0.0745 e. The topological polar surface area (TPSA) is 58.9 Å². The van der Waals surface area contributed by atoms with E-state index in [0.717, 1.165) is 0 Å². The number of rotatable bonds is 6. The quantitative estimate of drug-likeness (QED) is 0.678. The van der Waals surface area contributed by atoms with Crippen molar-refractivity contribution >= 4 is 0 Å². The van der Waals surface area contributed by atoms with Crippen molar-refractivity contribution in [2.24, 2.45) is 0 Å². The van der Waals surface area contributed by atoms with Gasteiger partial charge in [0.2, 0.25) is 0 Å². The third-order valence-electron chi connectivity index (χ3n) is 1.13. The molecule has 88 valence electrons. The highest BCUT2D eigenvalue weighted by molar-refractivity contribution is 4.38. The highest BCUT2D eigenvalue weighted by Crippen LogP contribution is 1.80. The minimum absolute atomic E-state index is 0.319. The molecule has 0 bridgehead atoms. The second-order valence-corrected chi connectivity index (χ2v) is 3.02. The van der Waals surface area contributed by atoms with Crippen LogP contribution >= 0.6 is 0 Å². The van der Waals surface area contributed by atoms with Gasteiger partial charge in [0.25, 0.3) is 0 Å². The van der Waals surface area contributed by atoms with E-state index < -0.39 is 0 Å². The fraction of sp³-hybridized carbons (Fsp3) is 1.00. The standard InChI is InChI=1S/2C5H12O2/c2*1-3-7-4-5(2)6/h2*5-6H,3-4H2,1-2H3. The van der Waals surface area contributed by atoms with Crippen molar-refractivity contribution in [2.45, 2.75) is 39.9 Å². The monoisotopic (exact) mass is 208 g/mol. The van der Waals surface area contributed by atoms with Crippen LogP contribution in [0, 0.1) is 0 Å². The second kappa shape index (κ2) is 12.8. The van der Waals surface area contributed by atoms with Crippen LogP contribution in [0.25, 0.3) is 0 Å². The van der Waals surface area contributed by atoms with E-state index in [1.54, 1.807) is 13.8 Å². The first-order valence-electron chi connectivity index (χ1n) is 5.06. The first-order valence-corrected chi connectivity index (χ1v) is 5.06. The maximum absolute atomic E-state index is 8.56. The Balaban J connectivity index is 0. The maximum Gasteiger partial charge on any atom is 0.0745 e. The Morgan fingerprint density at radius 1 is 0.857 bits per heavy atom. The molecule has 2 unspecified atom stereocenters. The van der Waals surface area contributed by atoms with Crippen molar-refractivity contribution in [3.63, 3.8) is 0 Å². The molecule has 4 nitrogen and oxygen atoms in total. The van der Waals surface area contributed by atoms with Crippen LogP contribution < -0.4 is 0 Å². The molecule has 0 saturated carbocycles. The van der Waals surface area contributed by atoms with Crippen molar-refractivity contribution in [1.29, 1.82) is 0 Å². The van der Waals surface area contributed by atoms with Crippen molar-refractivity contribution in [2.75, 3.05) is 26.4 Å².